The average Bonchev–Trinajstić information content (AvgIpc) is 2.61. The van der Waals surface area contributed by atoms with Crippen molar-refractivity contribution in [2.24, 2.45) is 0 Å². The van der Waals surface area contributed by atoms with Crippen LogP contribution in [0.2, 0.25) is 10.0 Å². The minimum atomic E-state index is 0.523. The van der Waals surface area contributed by atoms with E-state index in [2.05, 4.69) is 11.1 Å². The Balaban J connectivity index is 1.93. The second-order valence-corrected chi connectivity index (χ2v) is 7.01. The van der Waals surface area contributed by atoms with E-state index in [1.807, 2.05) is 37.3 Å². The molecule has 1 heterocycles. The molecule has 0 N–H and O–H groups in total. The molecule has 0 fully saturated rings. The van der Waals surface area contributed by atoms with Crippen LogP contribution in [-0.4, -0.2) is 11.6 Å². The number of pyridine rings is 1. The average molecular weight is 389 g/mol. The maximum absolute atomic E-state index is 9.47. The Morgan fingerprint density at radius 3 is 2.60 bits per heavy atom. The van der Waals surface area contributed by atoms with Crippen LogP contribution in [0, 0.1) is 11.3 Å². The van der Waals surface area contributed by atoms with E-state index in [0.29, 0.717) is 33.0 Å². The smallest absolute Gasteiger partial charge is 0.120 e. The van der Waals surface area contributed by atoms with E-state index >= 15 is 0 Å². The normalized spacial score (nSPS) is 10.6. The quantitative estimate of drug-likeness (QED) is 0.495. The summed E-state index contributed by atoms with van der Waals surface area (Å²) in [6.45, 7) is 2.53. The van der Waals surface area contributed by atoms with E-state index in [1.54, 1.807) is 12.1 Å². The first-order chi connectivity index (χ1) is 12.1. The minimum absolute atomic E-state index is 0.523. The predicted octanol–water partition coefficient (Wildman–Crippen LogP) is 6.10. The van der Waals surface area contributed by atoms with Crippen LogP contribution < -0.4 is 4.74 Å². The summed E-state index contributed by atoms with van der Waals surface area (Å²) >= 11 is 13.9. The van der Waals surface area contributed by atoms with Crippen LogP contribution in [-0.2, 0) is 5.75 Å². The first-order valence-corrected chi connectivity index (χ1v) is 9.40. The molecule has 0 spiro atoms. The van der Waals surface area contributed by atoms with Crippen molar-refractivity contribution in [1.82, 2.24) is 4.98 Å². The predicted molar refractivity (Wildman–Crippen MR) is 104 cm³/mol. The number of hydrogen-bond donors (Lipinski definition) is 0. The highest BCUT2D eigenvalue weighted by atomic mass is 35.5. The number of halogens is 2. The maximum Gasteiger partial charge on any atom is 0.120 e. The summed E-state index contributed by atoms with van der Waals surface area (Å²) < 4.78 is 5.50. The molecular weight excluding hydrogens is 375 g/mol. The summed E-state index contributed by atoms with van der Waals surface area (Å²) in [4.78, 5) is 4.62. The second-order valence-electron chi connectivity index (χ2n) is 5.23. The zero-order valence-corrected chi connectivity index (χ0v) is 15.8. The molecule has 0 radical (unpaired) electrons. The molecule has 0 aliphatic rings. The molecule has 6 heteroatoms. The third-order valence-electron chi connectivity index (χ3n) is 3.60. The molecule has 0 aliphatic carbocycles. The number of nitrogens with zero attached hydrogens (tertiary/aromatic N) is 2. The molecule has 0 bridgehead atoms. The van der Waals surface area contributed by atoms with Crippen molar-refractivity contribution >= 4 is 45.9 Å². The molecule has 3 rings (SSSR count). The van der Waals surface area contributed by atoms with Gasteiger partial charge in [0.2, 0.25) is 0 Å². The molecule has 0 amide bonds. The molecule has 0 aliphatic heterocycles. The molecule has 0 unspecified atom stereocenters. The fourth-order valence-corrected chi connectivity index (χ4v) is 4.10. The first kappa shape index (κ1) is 17.9. The topological polar surface area (TPSA) is 45.9 Å². The van der Waals surface area contributed by atoms with Gasteiger partial charge in [-0.15, -0.1) is 11.8 Å². The van der Waals surface area contributed by atoms with Gasteiger partial charge in [0.05, 0.1) is 17.7 Å². The Labute approximate surface area is 160 Å². The van der Waals surface area contributed by atoms with Crippen molar-refractivity contribution in [2.75, 3.05) is 6.61 Å². The monoisotopic (exact) mass is 388 g/mol. The van der Waals surface area contributed by atoms with Crippen LogP contribution >= 0.6 is 35.0 Å². The standard InChI is InChI=1S/C19H14Cl2N2OS/c1-2-24-14-6-7-18-12(9-14)8-13(10-22)19(23-18)25-11-15-16(20)4-3-5-17(15)21/h3-9H,2,11H2,1H3. The Bertz CT molecular complexity index is 949. The van der Waals surface area contributed by atoms with E-state index in [-0.39, 0.29) is 0 Å². The van der Waals surface area contributed by atoms with Gasteiger partial charge in [-0.05, 0) is 48.9 Å². The van der Waals surface area contributed by atoms with Crippen LogP contribution in [0.3, 0.4) is 0 Å². The maximum atomic E-state index is 9.47. The number of nitriles is 1. The van der Waals surface area contributed by atoms with Gasteiger partial charge in [-0.2, -0.15) is 5.26 Å². The van der Waals surface area contributed by atoms with Crippen LogP contribution in [0.4, 0.5) is 0 Å². The van der Waals surface area contributed by atoms with Gasteiger partial charge in [0.1, 0.15) is 16.8 Å². The van der Waals surface area contributed by atoms with Gasteiger partial charge in [-0.1, -0.05) is 29.3 Å². The molecule has 1 aromatic heterocycles. The summed E-state index contributed by atoms with van der Waals surface area (Å²) in [6.07, 6.45) is 0. The van der Waals surface area contributed by atoms with Crippen LogP contribution in [0.15, 0.2) is 47.5 Å². The number of fused-ring (bicyclic) bond motifs is 1. The van der Waals surface area contributed by atoms with E-state index in [0.717, 1.165) is 22.2 Å². The molecule has 0 saturated carbocycles. The largest absolute Gasteiger partial charge is 0.494 e. The Morgan fingerprint density at radius 1 is 1.16 bits per heavy atom. The van der Waals surface area contributed by atoms with Gasteiger partial charge in [-0.3, -0.25) is 0 Å². The van der Waals surface area contributed by atoms with Gasteiger partial charge >= 0.3 is 0 Å². The number of aromatic nitrogens is 1. The first-order valence-electron chi connectivity index (χ1n) is 7.65. The molecule has 3 nitrogen and oxygen atoms in total. The zero-order chi connectivity index (χ0) is 17.8. The molecule has 126 valence electrons. The lowest BCUT2D eigenvalue weighted by atomic mass is 10.1. The van der Waals surface area contributed by atoms with Gasteiger partial charge in [-0.25, -0.2) is 4.98 Å². The van der Waals surface area contributed by atoms with E-state index < -0.39 is 0 Å². The number of benzene rings is 2. The third kappa shape index (κ3) is 4.01. The number of rotatable bonds is 5. The Hall–Kier alpha value is -1.93. The van der Waals surface area contributed by atoms with Crippen LogP contribution in [0.5, 0.6) is 5.75 Å². The highest BCUT2D eigenvalue weighted by Crippen LogP contribution is 2.33. The Kier molecular flexibility index (Phi) is 5.70. The van der Waals surface area contributed by atoms with Crippen molar-refractivity contribution in [3.05, 3.63) is 63.6 Å². The minimum Gasteiger partial charge on any atom is -0.494 e. The lowest BCUT2D eigenvalue weighted by Crippen LogP contribution is -1.94. The molecule has 2 aromatic carbocycles. The lowest BCUT2D eigenvalue weighted by molar-refractivity contribution is 0.340. The van der Waals surface area contributed by atoms with E-state index in [4.69, 9.17) is 27.9 Å². The third-order valence-corrected chi connectivity index (χ3v) is 5.32. The lowest BCUT2D eigenvalue weighted by Gasteiger charge is -2.09. The number of ether oxygens (including phenoxy) is 1. The summed E-state index contributed by atoms with van der Waals surface area (Å²) in [5, 5.41) is 12.2. The molecule has 0 atom stereocenters. The summed E-state index contributed by atoms with van der Waals surface area (Å²) in [5.41, 5.74) is 2.18. The van der Waals surface area contributed by atoms with Crippen molar-refractivity contribution in [1.29, 1.82) is 5.26 Å². The fourth-order valence-electron chi connectivity index (χ4n) is 2.39. The fraction of sp³-hybridized carbons (Fsp3) is 0.158. The Morgan fingerprint density at radius 2 is 1.92 bits per heavy atom. The van der Waals surface area contributed by atoms with Gasteiger partial charge < -0.3 is 4.74 Å². The zero-order valence-electron chi connectivity index (χ0n) is 13.4. The van der Waals surface area contributed by atoms with Crippen LogP contribution in [0.25, 0.3) is 10.9 Å². The van der Waals surface area contributed by atoms with E-state index in [1.165, 1.54) is 11.8 Å². The summed E-state index contributed by atoms with van der Waals surface area (Å²) in [6, 6.07) is 15.1. The van der Waals surface area contributed by atoms with Gasteiger partial charge in [0.25, 0.3) is 0 Å². The molecule has 0 saturated heterocycles. The van der Waals surface area contributed by atoms with Crippen LogP contribution in [0.1, 0.15) is 18.1 Å². The SMILES string of the molecule is CCOc1ccc2nc(SCc3c(Cl)cccc3Cl)c(C#N)cc2c1. The molecule has 3 aromatic rings. The van der Waals surface area contributed by atoms with E-state index in [9.17, 15) is 5.26 Å². The highest BCUT2D eigenvalue weighted by molar-refractivity contribution is 7.98. The van der Waals surface area contributed by atoms with Crippen molar-refractivity contribution < 1.29 is 4.74 Å². The molecule has 25 heavy (non-hydrogen) atoms. The summed E-state index contributed by atoms with van der Waals surface area (Å²) in [5.74, 6) is 1.31. The van der Waals surface area contributed by atoms with Gasteiger partial charge in [0.15, 0.2) is 0 Å². The van der Waals surface area contributed by atoms with Crippen molar-refractivity contribution in [2.45, 2.75) is 17.7 Å². The number of thioether (sulfide) groups is 1. The van der Waals surface area contributed by atoms with Crippen molar-refractivity contribution in [3.8, 4) is 11.8 Å². The van der Waals surface area contributed by atoms with Crippen molar-refractivity contribution in [3.63, 3.8) is 0 Å². The highest BCUT2D eigenvalue weighted by Gasteiger charge is 2.11. The second kappa shape index (κ2) is 7.97. The molecular formula is C19H14Cl2N2OS. The number of hydrogen-bond acceptors (Lipinski definition) is 4. The summed E-state index contributed by atoms with van der Waals surface area (Å²) in [7, 11) is 0. The van der Waals surface area contributed by atoms with Gasteiger partial charge in [0, 0.05) is 21.2 Å².